The number of hydrogen-bond donors (Lipinski definition) is 1. The lowest BCUT2D eigenvalue weighted by Gasteiger charge is -2.12. The molecule has 0 fully saturated rings. The molecule has 77 valence electrons. The Kier molecular flexibility index (Phi) is 2.58. The zero-order valence-electron chi connectivity index (χ0n) is 8.31. The summed E-state index contributed by atoms with van der Waals surface area (Å²) in [7, 11) is 0. The van der Waals surface area contributed by atoms with Crippen molar-refractivity contribution in [3.05, 3.63) is 42.2 Å². The van der Waals surface area contributed by atoms with Gasteiger partial charge in [0, 0.05) is 6.20 Å². The van der Waals surface area contributed by atoms with Gasteiger partial charge in [-0.05, 0) is 25.1 Å². The second-order valence-corrected chi connectivity index (χ2v) is 3.22. The van der Waals surface area contributed by atoms with Crippen molar-refractivity contribution in [2.75, 3.05) is 0 Å². The number of hydrogen-bond acceptors (Lipinski definition) is 2. The molecule has 1 unspecified atom stereocenters. The monoisotopic (exact) mass is 203 g/mol. The number of aromatic amines is 1. The first-order valence-electron chi connectivity index (χ1n) is 4.69. The minimum absolute atomic E-state index is 0.108. The molecule has 1 aromatic carbocycles. The van der Waals surface area contributed by atoms with E-state index in [4.69, 9.17) is 4.74 Å². The maximum absolute atomic E-state index is 11.4. The summed E-state index contributed by atoms with van der Waals surface area (Å²) in [5, 5.41) is 18.0. The van der Waals surface area contributed by atoms with Gasteiger partial charge in [0.05, 0.1) is 5.69 Å². The Labute approximate surface area is 87.5 Å². The van der Waals surface area contributed by atoms with E-state index in [9.17, 15) is 5.11 Å². The Balaban J connectivity index is 2.13. The zero-order valence-corrected chi connectivity index (χ0v) is 8.31. The van der Waals surface area contributed by atoms with Crippen LogP contribution in [0.1, 0.15) is 18.7 Å². The number of nitrogens with zero attached hydrogens (tertiary/aromatic N) is 1. The van der Waals surface area contributed by atoms with Crippen LogP contribution in [0.4, 0.5) is 0 Å². The van der Waals surface area contributed by atoms with Crippen molar-refractivity contribution in [2.24, 2.45) is 0 Å². The lowest BCUT2D eigenvalue weighted by atomic mass is 10.2. The molecule has 2 aromatic rings. The minimum atomic E-state index is -0.206. The molecule has 0 amide bonds. The highest BCUT2D eigenvalue weighted by Gasteiger charge is 2.11. The van der Waals surface area contributed by atoms with Crippen LogP contribution in [0, 0.1) is 0 Å². The summed E-state index contributed by atoms with van der Waals surface area (Å²) >= 11 is 0. The van der Waals surface area contributed by atoms with Crippen LogP contribution in [0.15, 0.2) is 36.5 Å². The first kappa shape index (κ1) is 9.58. The van der Waals surface area contributed by atoms with Gasteiger partial charge in [-0.15, -0.1) is 0 Å². The number of rotatable bonds is 3. The predicted molar refractivity (Wildman–Crippen MR) is 54.2 cm³/mol. The van der Waals surface area contributed by atoms with Crippen LogP contribution in [-0.4, -0.2) is 10.2 Å². The first-order chi connectivity index (χ1) is 7.27. The zero-order chi connectivity index (χ0) is 10.7. The van der Waals surface area contributed by atoms with Crippen molar-refractivity contribution in [1.29, 1.82) is 0 Å². The van der Waals surface area contributed by atoms with E-state index in [0.29, 0.717) is 5.75 Å². The third-order valence-corrected chi connectivity index (χ3v) is 2.11. The van der Waals surface area contributed by atoms with Gasteiger partial charge in [-0.3, -0.25) is 10.2 Å². The lowest BCUT2D eigenvalue weighted by Crippen LogP contribution is -2.03. The molecule has 1 radical (unpaired) electrons. The molecule has 0 aliphatic carbocycles. The van der Waals surface area contributed by atoms with Gasteiger partial charge in [0.25, 0.3) is 0 Å². The average molecular weight is 203 g/mol. The summed E-state index contributed by atoms with van der Waals surface area (Å²) in [5.74, 6) is 0.253. The second kappa shape index (κ2) is 4.04. The van der Waals surface area contributed by atoms with E-state index in [1.165, 1.54) is 6.07 Å². The molecule has 0 saturated heterocycles. The molecule has 1 N–H and O–H groups in total. The Morgan fingerprint density at radius 3 is 2.80 bits per heavy atom. The fraction of sp³-hybridized carbons (Fsp3) is 0.182. The molecule has 1 aromatic heterocycles. The standard InChI is InChI=1S/C11H11N2O2/c1-8(9-6-7-12-13-9)15-11-5-3-2-4-10(11)14/h2-8H,1H3,(H,12,13). The van der Waals surface area contributed by atoms with Gasteiger partial charge in [0.15, 0.2) is 5.75 Å². The van der Waals surface area contributed by atoms with E-state index in [0.717, 1.165) is 5.69 Å². The van der Waals surface area contributed by atoms with E-state index >= 15 is 0 Å². The molecule has 0 aliphatic heterocycles. The van der Waals surface area contributed by atoms with Gasteiger partial charge in [0.2, 0.25) is 5.75 Å². The largest absolute Gasteiger partial charge is 0.480 e. The maximum Gasteiger partial charge on any atom is 0.220 e. The average Bonchev–Trinajstić information content (AvgIpc) is 2.74. The third kappa shape index (κ3) is 2.10. The van der Waals surface area contributed by atoms with Crippen LogP contribution in [0.5, 0.6) is 11.5 Å². The third-order valence-electron chi connectivity index (χ3n) is 2.11. The summed E-state index contributed by atoms with van der Waals surface area (Å²) in [5.41, 5.74) is 0.846. The molecule has 0 spiro atoms. The lowest BCUT2D eigenvalue weighted by molar-refractivity contribution is 0.204. The summed E-state index contributed by atoms with van der Waals surface area (Å²) in [4.78, 5) is 0. The fourth-order valence-electron chi connectivity index (χ4n) is 1.29. The van der Waals surface area contributed by atoms with E-state index in [2.05, 4.69) is 10.2 Å². The highest BCUT2D eigenvalue weighted by molar-refractivity contribution is 5.38. The smallest absolute Gasteiger partial charge is 0.220 e. The molecule has 0 aliphatic rings. The van der Waals surface area contributed by atoms with Crippen LogP contribution in [0.3, 0.4) is 0 Å². The molecule has 4 heteroatoms. The van der Waals surface area contributed by atoms with E-state index in [-0.39, 0.29) is 11.9 Å². The molecule has 15 heavy (non-hydrogen) atoms. The highest BCUT2D eigenvalue weighted by Crippen LogP contribution is 2.29. The Hall–Kier alpha value is -1.97. The quantitative estimate of drug-likeness (QED) is 0.833. The van der Waals surface area contributed by atoms with Gasteiger partial charge in [-0.2, -0.15) is 5.10 Å². The predicted octanol–water partition coefficient (Wildman–Crippen LogP) is 2.69. The Morgan fingerprint density at radius 1 is 1.33 bits per heavy atom. The van der Waals surface area contributed by atoms with Crippen molar-refractivity contribution >= 4 is 0 Å². The number of aromatic nitrogens is 2. The van der Waals surface area contributed by atoms with E-state index < -0.39 is 0 Å². The summed E-state index contributed by atoms with van der Waals surface area (Å²) < 4.78 is 5.51. The van der Waals surface area contributed by atoms with Crippen molar-refractivity contribution in [1.82, 2.24) is 10.2 Å². The summed E-state index contributed by atoms with van der Waals surface area (Å²) in [6.07, 6.45) is 1.45. The Morgan fingerprint density at radius 2 is 2.13 bits per heavy atom. The van der Waals surface area contributed by atoms with Crippen LogP contribution in [-0.2, 0) is 5.11 Å². The van der Waals surface area contributed by atoms with Crippen LogP contribution < -0.4 is 4.74 Å². The number of para-hydroxylation sites is 2. The van der Waals surface area contributed by atoms with Gasteiger partial charge >= 0.3 is 0 Å². The number of nitrogens with one attached hydrogen (secondary N) is 1. The summed E-state index contributed by atoms with van der Waals surface area (Å²) in [6.45, 7) is 1.86. The summed E-state index contributed by atoms with van der Waals surface area (Å²) in [6, 6.07) is 8.43. The first-order valence-corrected chi connectivity index (χ1v) is 4.69. The number of ether oxygens (including phenoxy) is 1. The molecule has 1 heterocycles. The van der Waals surface area contributed by atoms with Crippen molar-refractivity contribution < 1.29 is 9.84 Å². The Bertz CT molecular complexity index is 426. The van der Waals surface area contributed by atoms with Crippen LogP contribution >= 0.6 is 0 Å². The van der Waals surface area contributed by atoms with Gasteiger partial charge < -0.3 is 4.74 Å². The van der Waals surface area contributed by atoms with Crippen molar-refractivity contribution in [3.8, 4) is 11.5 Å². The van der Waals surface area contributed by atoms with Gasteiger partial charge in [-0.25, -0.2) is 0 Å². The van der Waals surface area contributed by atoms with Crippen molar-refractivity contribution in [2.45, 2.75) is 13.0 Å². The molecule has 0 bridgehead atoms. The van der Waals surface area contributed by atoms with Gasteiger partial charge in [-0.1, -0.05) is 12.1 Å². The molecular formula is C11H11N2O2. The van der Waals surface area contributed by atoms with E-state index in [1.54, 1.807) is 24.4 Å². The molecule has 4 nitrogen and oxygen atoms in total. The minimum Gasteiger partial charge on any atom is -0.480 e. The van der Waals surface area contributed by atoms with Crippen LogP contribution in [0.25, 0.3) is 0 Å². The molecular weight excluding hydrogens is 192 g/mol. The normalized spacial score (nSPS) is 12.3. The van der Waals surface area contributed by atoms with E-state index in [1.807, 2.05) is 13.0 Å². The maximum atomic E-state index is 11.4. The van der Waals surface area contributed by atoms with Crippen LogP contribution in [0.2, 0.25) is 0 Å². The van der Waals surface area contributed by atoms with Crippen molar-refractivity contribution in [3.63, 3.8) is 0 Å². The highest BCUT2D eigenvalue weighted by atomic mass is 16.5. The molecule has 2 rings (SSSR count). The second-order valence-electron chi connectivity index (χ2n) is 3.22. The topological polar surface area (TPSA) is 57.8 Å². The SMILES string of the molecule is CC(Oc1ccccc1[O])c1ccn[nH]1. The van der Waals surface area contributed by atoms with Gasteiger partial charge in [0.1, 0.15) is 6.10 Å². The fourth-order valence-corrected chi connectivity index (χ4v) is 1.29. The number of benzene rings is 1. The molecule has 1 atom stereocenters. The molecule has 0 saturated carbocycles. The number of H-pyrrole nitrogens is 1.